The van der Waals surface area contributed by atoms with E-state index in [2.05, 4.69) is 0 Å². The third kappa shape index (κ3) is 4.05. The summed E-state index contributed by atoms with van der Waals surface area (Å²) >= 11 is 6.06. The third-order valence-corrected chi connectivity index (χ3v) is 5.28. The Hall–Kier alpha value is -3.77. The Kier molecular flexibility index (Phi) is 6.14. The SMILES string of the molecule is COc1ccc(/C=C2/N=C(c3ccccc3OC)N(c3ccc(Cl)cc3)C2=O)c(OC)c1. The molecular formula is C25H21ClN2O4. The van der Waals surface area contributed by atoms with E-state index in [-0.39, 0.29) is 11.6 Å². The van der Waals surface area contributed by atoms with Gasteiger partial charge in [-0.25, -0.2) is 4.99 Å². The smallest absolute Gasteiger partial charge is 0.282 e. The Morgan fingerprint density at radius 2 is 1.59 bits per heavy atom. The van der Waals surface area contributed by atoms with Gasteiger partial charge >= 0.3 is 0 Å². The molecule has 1 amide bonds. The van der Waals surface area contributed by atoms with Gasteiger partial charge in [-0.2, -0.15) is 0 Å². The van der Waals surface area contributed by atoms with Crippen LogP contribution in [-0.2, 0) is 4.79 Å². The molecule has 0 spiro atoms. The molecule has 0 unspecified atom stereocenters. The van der Waals surface area contributed by atoms with Gasteiger partial charge in [-0.3, -0.25) is 9.69 Å². The van der Waals surface area contributed by atoms with E-state index >= 15 is 0 Å². The molecule has 0 fully saturated rings. The summed E-state index contributed by atoms with van der Waals surface area (Å²) in [6.45, 7) is 0. The average molecular weight is 449 g/mol. The Morgan fingerprint density at radius 1 is 0.875 bits per heavy atom. The predicted octanol–water partition coefficient (Wildman–Crippen LogP) is 5.20. The van der Waals surface area contributed by atoms with E-state index in [9.17, 15) is 4.79 Å². The maximum Gasteiger partial charge on any atom is 0.282 e. The molecule has 4 rings (SSSR count). The summed E-state index contributed by atoms with van der Waals surface area (Å²) in [6, 6.07) is 19.8. The molecule has 3 aromatic carbocycles. The van der Waals surface area contributed by atoms with Gasteiger partial charge in [-0.1, -0.05) is 23.7 Å². The minimum absolute atomic E-state index is 0.268. The normalized spacial score (nSPS) is 14.5. The highest BCUT2D eigenvalue weighted by molar-refractivity contribution is 6.34. The van der Waals surface area contributed by atoms with Crippen LogP contribution < -0.4 is 19.1 Å². The van der Waals surface area contributed by atoms with Crippen LogP contribution in [0.15, 0.2) is 77.4 Å². The molecule has 1 aliphatic rings. The quantitative estimate of drug-likeness (QED) is 0.486. The number of rotatable bonds is 6. The molecule has 0 saturated heterocycles. The molecule has 0 bridgehead atoms. The molecule has 1 aliphatic heterocycles. The van der Waals surface area contributed by atoms with Crippen molar-refractivity contribution >= 4 is 35.1 Å². The first-order chi connectivity index (χ1) is 15.5. The number of carbonyl (C=O) groups excluding carboxylic acids is 1. The first-order valence-electron chi connectivity index (χ1n) is 9.81. The van der Waals surface area contributed by atoms with Crippen LogP contribution in [0.2, 0.25) is 5.02 Å². The minimum Gasteiger partial charge on any atom is -0.497 e. The number of amidine groups is 1. The lowest BCUT2D eigenvalue weighted by Gasteiger charge is -2.20. The van der Waals surface area contributed by atoms with E-state index in [1.165, 1.54) is 0 Å². The maximum absolute atomic E-state index is 13.5. The van der Waals surface area contributed by atoms with Crippen LogP contribution in [-0.4, -0.2) is 33.1 Å². The van der Waals surface area contributed by atoms with Crippen molar-refractivity contribution in [3.05, 3.63) is 88.6 Å². The lowest BCUT2D eigenvalue weighted by Crippen LogP contribution is -2.32. The van der Waals surface area contributed by atoms with Gasteiger partial charge in [-0.15, -0.1) is 0 Å². The molecule has 162 valence electrons. The fourth-order valence-electron chi connectivity index (χ4n) is 3.44. The molecule has 0 saturated carbocycles. The third-order valence-electron chi connectivity index (χ3n) is 5.03. The van der Waals surface area contributed by atoms with Crippen LogP contribution in [0.3, 0.4) is 0 Å². The van der Waals surface area contributed by atoms with Crippen molar-refractivity contribution in [2.45, 2.75) is 0 Å². The van der Waals surface area contributed by atoms with Gasteiger partial charge in [0, 0.05) is 16.7 Å². The molecule has 1 heterocycles. The van der Waals surface area contributed by atoms with Crippen LogP contribution in [0.1, 0.15) is 11.1 Å². The minimum atomic E-state index is -0.272. The number of methoxy groups -OCH3 is 3. The molecule has 0 radical (unpaired) electrons. The second-order valence-electron chi connectivity index (χ2n) is 6.89. The highest BCUT2D eigenvalue weighted by Crippen LogP contribution is 2.33. The van der Waals surface area contributed by atoms with Gasteiger partial charge in [0.05, 0.1) is 32.6 Å². The predicted molar refractivity (Wildman–Crippen MR) is 126 cm³/mol. The van der Waals surface area contributed by atoms with E-state index in [0.717, 1.165) is 0 Å². The molecule has 0 aromatic heterocycles. The van der Waals surface area contributed by atoms with E-state index in [0.29, 0.717) is 44.9 Å². The average Bonchev–Trinajstić information content (AvgIpc) is 3.15. The molecule has 3 aromatic rings. The lowest BCUT2D eigenvalue weighted by atomic mass is 10.1. The number of hydrogen-bond acceptors (Lipinski definition) is 5. The number of halogens is 1. The molecule has 7 heteroatoms. The van der Waals surface area contributed by atoms with Gasteiger partial charge in [0.15, 0.2) is 5.84 Å². The van der Waals surface area contributed by atoms with Gasteiger partial charge < -0.3 is 14.2 Å². The number of anilines is 1. The molecule has 6 nitrogen and oxygen atoms in total. The monoisotopic (exact) mass is 448 g/mol. The van der Waals surface area contributed by atoms with Crippen LogP contribution >= 0.6 is 11.6 Å². The Morgan fingerprint density at radius 3 is 2.28 bits per heavy atom. The van der Waals surface area contributed by atoms with Crippen LogP contribution in [0.25, 0.3) is 6.08 Å². The fourth-order valence-corrected chi connectivity index (χ4v) is 3.57. The van der Waals surface area contributed by atoms with Crippen molar-refractivity contribution in [3.8, 4) is 17.2 Å². The van der Waals surface area contributed by atoms with Crippen LogP contribution in [0.5, 0.6) is 17.2 Å². The zero-order valence-electron chi connectivity index (χ0n) is 17.8. The molecule has 0 N–H and O–H groups in total. The summed E-state index contributed by atoms with van der Waals surface area (Å²) in [7, 11) is 4.74. The highest BCUT2D eigenvalue weighted by atomic mass is 35.5. The number of para-hydroxylation sites is 1. The van der Waals surface area contributed by atoms with Crippen molar-refractivity contribution in [1.82, 2.24) is 0 Å². The highest BCUT2D eigenvalue weighted by Gasteiger charge is 2.34. The Labute approximate surface area is 191 Å². The summed E-state index contributed by atoms with van der Waals surface area (Å²) in [6.07, 6.45) is 1.70. The van der Waals surface area contributed by atoms with Crippen molar-refractivity contribution in [1.29, 1.82) is 0 Å². The molecule has 0 atom stereocenters. The molecule has 0 aliphatic carbocycles. The van der Waals surface area contributed by atoms with Crippen LogP contribution in [0.4, 0.5) is 5.69 Å². The Balaban J connectivity index is 1.86. The molecular weight excluding hydrogens is 428 g/mol. The number of amides is 1. The summed E-state index contributed by atoms with van der Waals surface area (Å²) in [4.78, 5) is 19.8. The van der Waals surface area contributed by atoms with Crippen molar-refractivity contribution < 1.29 is 19.0 Å². The summed E-state index contributed by atoms with van der Waals surface area (Å²) < 4.78 is 16.3. The van der Waals surface area contributed by atoms with Gasteiger partial charge in [-0.05, 0) is 54.6 Å². The number of hydrogen-bond donors (Lipinski definition) is 0. The number of aliphatic imine (C=N–C) groups is 1. The standard InChI is InChI=1S/C25H21ClN2O4/c1-30-19-13-8-16(23(15-19)32-3)14-21-25(29)28(18-11-9-17(26)10-12-18)24(27-21)20-6-4-5-7-22(20)31-2/h4-15H,1-3H3/b21-14+. The Bertz CT molecular complexity index is 1220. The van der Waals surface area contributed by atoms with Gasteiger partial charge in [0.1, 0.15) is 22.9 Å². The fraction of sp³-hybridized carbons (Fsp3) is 0.120. The summed E-state index contributed by atoms with van der Waals surface area (Å²) in [5, 5.41) is 0.579. The maximum atomic E-state index is 13.5. The topological polar surface area (TPSA) is 60.4 Å². The van der Waals surface area contributed by atoms with E-state index in [4.69, 9.17) is 30.8 Å². The number of nitrogens with zero attached hydrogens (tertiary/aromatic N) is 2. The lowest BCUT2D eigenvalue weighted by molar-refractivity contribution is -0.113. The van der Waals surface area contributed by atoms with Gasteiger partial charge in [0.25, 0.3) is 5.91 Å². The van der Waals surface area contributed by atoms with E-state index in [1.807, 2.05) is 30.3 Å². The number of carbonyl (C=O) groups is 1. The van der Waals surface area contributed by atoms with Crippen molar-refractivity contribution in [2.75, 3.05) is 26.2 Å². The van der Waals surface area contributed by atoms with Crippen LogP contribution in [0, 0.1) is 0 Å². The van der Waals surface area contributed by atoms with Crippen molar-refractivity contribution in [3.63, 3.8) is 0 Å². The zero-order chi connectivity index (χ0) is 22.7. The zero-order valence-corrected chi connectivity index (χ0v) is 18.6. The summed E-state index contributed by atoms with van der Waals surface area (Å²) in [5.74, 6) is 2.03. The first-order valence-corrected chi connectivity index (χ1v) is 10.2. The second-order valence-corrected chi connectivity index (χ2v) is 7.33. The van der Waals surface area contributed by atoms with Gasteiger partial charge in [0.2, 0.25) is 0 Å². The summed E-state index contributed by atoms with van der Waals surface area (Å²) in [5.41, 5.74) is 2.32. The molecule has 32 heavy (non-hydrogen) atoms. The van der Waals surface area contributed by atoms with E-state index in [1.54, 1.807) is 68.7 Å². The van der Waals surface area contributed by atoms with E-state index < -0.39 is 0 Å². The van der Waals surface area contributed by atoms with Crippen molar-refractivity contribution in [2.24, 2.45) is 4.99 Å². The number of benzene rings is 3. The number of ether oxygens (including phenoxy) is 3. The largest absolute Gasteiger partial charge is 0.497 e. The first kappa shape index (κ1) is 21.5. The second kappa shape index (κ2) is 9.16.